The predicted octanol–water partition coefficient (Wildman–Crippen LogP) is 1.94. The van der Waals surface area contributed by atoms with Gasteiger partial charge in [-0.3, -0.25) is 4.79 Å². The lowest BCUT2D eigenvalue weighted by Gasteiger charge is -2.31. The summed E-state index contributed by atoms with van der Waals surface area (Å²) in [6.45, 7) is 6.57. The molecule has 0 aliphatic carbocycles. The molecule has 1 aliphatic rings. The third-order valence-corrected chi connectivity index (χ3v) is 5.70. The summed E-state index contributed by atoms with van der Waals surface area (Å²) in [4.78, 5) is 12.4. The predicted molar refractivity (Wildman–Crippen MR) is 79.5 cm³/mol. The van der Waals surface area contributed by atoms with Gasteiger partial charge in [0.05, 0.1) is 0 Å². The van der Waals surface area contributed by atoms with Gasteiger partial charge in [-0.2, -0.15) is 11.8 Å². The summed E-state index contributed by atoms with van der Waals surface area (Å²) in [5.41, 5.74) is 4.83. The number of rotatable bonds is 6. The number of amides is 1. The molecule has 1 atom stereocenters. The topological polar surface area (TPSA) is 87.7 Å². The molecular weight excluding hydrogens is 262 g/mol. The third kappa shape index (κ3) is 3.35. The number of hydrogen-bond donors (Lipinski definition) is 3. The lowest BCUT2D eigenvalue weighted by atomic mass is 9.80. The van der Waals surface area contributed by atoms with E-state index in [0.29, 0.717) is 19.4 Å². The van der Waals surface area contributed by atoms with E-state index in [9.17, 15) is 4.79 Å². The molecule has 0 bridgehead atoms. The van der Waals surface area contributed by atoms with E-state index in [0.717, 1.165) is 12.2 Å². The van der Waals surface area contributed by atoms with Crippen LogP contribution < -0.4 is 11.1 Å². The van der Waals surface area contributed by atoms with Crippen LogP contribution in [0.2, 0.25) is 0 Å². The van der Waals surface area contributed by atoms with E-state index in [1.54, 1.807) is 0 Å². The smallest absolute Gasteiger partial charge is 0.233 e. The number of carbonyl (C=O) groups is 1. The first-order valence-corrected chi connectivity index (χ1v) is 7.83. The van der Waals surface area contributed by atoms with E-state index >= 15 is 0 Å². The minimum Gasteiger partial charge on any atom is -0.409 e. The SMILES string of the molecule is CCC(CC)(C(=O)NCC1(C)CCCS1)C(N)=NO. The molecule has 110 valence electrons. The van der Waals surface area contributed by atoms with Gasteiger partial charge in [-0.15, -0.1) is 0 Å². The average Bonchev–Trinajstić information content (AvgIpc) is 2.85. The van der Waals surface area contributed by atoms with E-state index in [1.807, 2.05) is 25.6 Å². The fraction of sp³-hybridized carbons (Fsp3) is 0.846. The van der Waals surface area contributed by atoms with Crippen LogP contribution in [0.4, 0.5) is 0 Å². The summed E-state index contributed by atoms with van der Waals surface area (Å²) in [6.07, 6.45) is 3.36. The highest BCUT2D eigenvalue weighted by Gasteiger charge is 2.41. The van der Waals surface area contributed by atoms with Crippen LogP contribution in [0.3, 0.4) is 0 Å². The standard InChI is InChI=1S/C13H25N3O2S/c1-4-13(5-2,10(14)16-18)11(17)15-9-12(3)7-6-8-19-12/h18H,4-9H2,1-3H3,(H2,14,16)(H,15,17). The zero-order chi connectivity index (χ0) is 14.5. The summed E-state index contributed by atoms with van der Waals surface area (Å²) in [6, 6.07) is 0. The summed E-state index contributed by atoms with van der Waals surface area (Å²) in [5.74, 6) is 1.01. The molecule has 1 amide bonds. The maximum absolute atomic E-state index is 12.4. The highest BCUT2D eigenvalue weighted by molar-refractivity contribution is 8.00. The van der Waals surface area contributed by atoms with Crippen LogP contribution in [0.5, 0.6) is 0 Å². The first-order chi connectivity index (χ1) is 8.94. The Kier molecular flexibility index (Phi) is 5.52. The maximum atomic E-state index is 12.4. The molecule has 5 nitrogen and oxygen atoms in total. The monoisotopic (exact) mass is 287 g/mol. The first-order valence-electron chi connectivity index (χ1n) is 6.84. The summed E-state index contributed by atoms with van der Waals surface area (Å²) >= 11 is 1.90. The molecule has 0 saturated carbocycles. The van der Waals surface area contributed by atoms with Gasteiger partial charge in [-0.1, -0.05) is 19.0 Å². The zero-order valence-corrected chi connectivity index (χ0v) is 12.8. The summed E-state index contributed by atoms with van der Waals surface area (Å²) < 4.78 is 0.119. The molecular formula is C13H25N3O2S. The third-order valence-electron chi connectivity index (χ3n) is 4.16. The Morgan fingerprint density at radius 2 is 2.16 bits per heavy atom. The highest BCUT2D eigenvalue weighted by Crippen LogP contribution is 2.37. The fourth-order valence-corrected chi connectivity index (χ4v) is 3.80. The fourth-order valence-electron chi connectivity index (χ4n) is 2.56. The van der Waals surface area contributed by atoms with Crippen molar-refractivity contribution in [3.63, 3.8) is 0 Å². The lowest BCUT2D eigenvalue weighted by Crippen LogP contribution is -2.51. The number of amidine groups is 1. The molecule has 1 saturated heterocycles. The van der Waals surface area contributed by atoms with E-state index in [4.69, 9.17) is 10.9 Å². The van der Waals surface area contributed by atoms with Crippen molar-refractivity contribution < 1.29 is 10.0 Å². The molecule has 1 unspecified atom stereocenters. The molecule has 19 heavy (non-hydrogen) atoms. The van der Waals surface area contributed by atoms with E-state index in [1.165, 1.54) is 6.42 Å². The summed E-state index contributed by atoms with van der Waals surface area (Å²) in [5, 5.41) is 14.9. The number of nitrogens with one attached hydrogen (secondary N) is 1. The Balaban J connectivity index is 2.73. The number of hydrogen-bond acceptors (Lipinski definition) is 4. The second kappa shape index (κ2) is 6.50. The molecule has 1 rings (SSSR count). The molecule has 1 aliphatic heterocycles. The van der Waals surface area contributed by atoms with Crippen molar-refractivity contribution in [1.82, 2.24) is 5.32 Å². The van der Waals surface area contributed by atoms with Gasteiger partial charge < -0.3 is 16.3 Å². The van der Waals surface area contributed by atoms with E-state index in [-0.39, 0.29) is 16.5 Å². The molecule has 0 aromatic rings. The molecule has 4 N–H and O–H groups in total. The number of nitrogens with two attached hydrogens (primary N) is 1. The van der Waals surface area contributed by atoms with Crippen molar-refractivity contribution in [2.24, 2.45) is 16.3 Å². The molecule has 0 aromatic carbocycles. The van der Waals surface area contributed by atoms with Crippen molar-refractivity contribution in [2.75, 3.05) is 12.3 Å². The Morgan fingerprint density at radius 3 is 2.58 bits per heavy atom. The normalized spacial score (nSPS) is 24.5. The van der Waals surface area contributed by atoms with Crippen LogP contribution in [0.1, 0.15) is 46.5 Å². The lowest BCUT2D eigenvalue weighted by molar-refractivity contribution is -0.128. The quantitative estimate of drug-likeness (QED) is 0.301. The van der Waals surface area contributed by atoms with Gasteiger partial charge in [-0.05, 0) is 38.4 Å². The van der Waals surface area contributed by atoms with Gasteiger partial charge in [0.1, 0.15) is 5.41 Å². The second-order valence-corrected chi connectivity index (χ2v) is 7.04. The van der Waals surface area contributed by atoms with E-state index < -0.39 is 5.41 Å². The van der Waals surface area contributed by atoms with Crippen LogP contribution >= 0.6 is 11.8 Å². The van der Waals surface area contributed by atoms with Crippen molar-refractivity contribution in [3.8, 4) is 0 Å². The molecule has 0 radical (unpaired) electrons. The zero-order valence-electron chi connectivity index (χ0n) is 12.0. The average molecular weight is 287 g/mol. The van der Waals surface area contributed by atoms with Gasteiger partial charge in [0, 0.05) is 11.3 Å². The first kappa shape index (κ1) is 16.1. The number of nitrogens with zero attached hydrogens (tertiary/aromatic N) is 1. The molecule has 6 heteroatoms. The molecule has 1 fully saturated rings. The minimum atomic E-state index is -0.894. The van der Waals surface area contributed by atoms with Gasteiger partial charge in [0.2, 0.25) is 5.91 Å². The highest BCUT2D eigenvalue weighted by atomic mass is 32.2. The molecule has 0 spiro atoms. The Hall–Kier alpha value is -0.910. The number of oxime groups is 1. The Labute approximate surface area is 119 Å². The van der Waals surface area contributed by atoms with E-state index in [2.05, 4.69) is 17.4 Å². The van der Waals surface area contributed by atoms with Crippen molar-refractivity contribution in [1.29, 1.82) is 0 Å². The number of carbonyl (C=O) groups excluding carboxylic acids is 1. The van der Waals surface area contributed by atoms with Crippen LogP contribution in [-0.2, 0) is 4.79 Å². The van der Waals surface area contributed by atoms with Crippen molar-refractivity contribution in [2.45, 2.75) is 51.2 Å². The molecule has 0 aromatic heterocycles. The number of thioether (sulfide) groups is 1. The second-order valence-electron chi connectivity index (χ2n) is 5.36. The van der Waals surface area contributed by atoms with Crippen LogP contribution in [0.25, 0.3) is 0 Å². The Bertz CT molecular complexity index is 348. The minimum absolute atomic E-state index is 0.000715. The Morgan fingerprint density at radius 1 is 1.53 bits per heavy atom. The van der Waals surface area contributed by atoms with Gasteiger partial charge in [0.15, 0.2) is 5.84 Å². The van der Waals surface area contributed by atoms with Crippen molar-refractivity contribution >= 4 is 23.5 Å². The maximum Gasteiger partial charge on any atom is 0.233 e. The van der Waals surface area contributed by atoms with Crippen LogP contribution in [0, 0.1) is 5.41 Å². The van der Waals surface area contributed by atoms with Gasteiger partial charge >= 0.3 is 0 Å². The van der Waals surface area contributed by atoms with Gasteiger partial charge in [-0.25, -0.2) is 0 Å². The largest absolute Gasteiger partial charge is 0.409 e. The van der Waals surface area contributed by atoms with Crippen LogP contribution in [0.15, 0.2) is 5.16 Å². The van der Waals surface area contributed by atoms with Crippen LogP contribution in [-0.4, -0.2) is 34.0 Å². The van der Waals surface area contributed by atoms with Crippen molar-refractivity contribution in [3.05, 3.63) is 0 Å². The molecule has 1 heterocycles. The summed E-state index contributed by atoms with van der Waals surface area (Å²) in [7, 11) is 0. The van der Waals surface area contributed by atoms with Gasteiger partial charge in [0.25, 0.3) is 0 Å².